The van der Waals surface area contributed by atoms with E-state index in [9.17, 15) is 4.79 Å². The second-order valence-corrected chi connectivity index (χ2v) is 11.9. The minimum atomic E-state index is -0.0989. The molecule has 0 saturated carbocycles. The van der Waals surface area contributed by atoms with E-state index in [0.29, 0.717) is 46.1 Å². The molecular formula is C36H72O5. The summed E-state index contributed by atoms with van der Waals surface area (Å²) in [7, 11) is 0. The maximum absolute atomic E-state index is 11.8. The first-order valence-electron chi connectivity index (χ1n) is 18.2. The van der Waals surface area contributed by atoms with Crippen LogP contribution in [0.3, 0.4) is 0 Å². The fourth-order valence-corrected chi connectivity index (χ4v) is 5.16. The quantitative estimate of drug-likeness (QED) is 0.0541. The Morgan fingerprint density at radius 3 is 1.02 bits per heavy atom. The second kappa shape index (κ2) is 37.4. The topological polar surface area (TPSA) is 54.0 Å². The van der Waals surface area contributed by atoms with Crippen molar-refractivity contribution < 1.29 is 23.7 Å². The molecule has 0 fully saturated rings. The van der Waals surface area contributed by atoms with Crippen LogP contribution in [0.4, 0.5) is 0 Å². The molecule has 0 aliphatic rings. The molecule has 41 heavy (non-hydrogen) atoms. The molecule has 5 nitrogen and oxygen atoms in total. The lowest BCUT2D eigenvalue weighted by Crippen LogP contribution is -2.14. The molecule has 0 atom stereocenters. The number of esters is 1. The lowest BCUT2D eigenvalue weighted by molar-refractivity contribution is -0.145. The Bertz CT molecular complexity index is 485. The normalized spacial score (nSPS) is 11.4. The molecule has 0 N–H and O–H groups in total. The Kier molecular flexibility index (Phi) is 36.8. The van der Waals surface area contributed by atoms with E-state index >= 15 is 0 Å². The van der Waals surface area contributed by atoms with Crippen LogP contribution < -0.4 is 0 Å². The lowest BCUT2D eigenvalue weighted by atomic mass is 10.0. The standard InChI is InChI=1S/C36H72O5/c1-3-5-7-9-11-13-15-17-18-20-22-24-26-28-36(37)41-35-34-40-33-32-39-31-30-38-29-27-25-23-21-19-16-14-12-10-8-6-4-2/h3-35H2,1-2H3. The van der Waals surface area contributed by atoms with Crippen molar-refractivity contribution in [1.29, 1.82) is 0 Å². The Hall–Kier alpha value is -0.650. The van der Waals surface area contributed by atoms with Crippen molar-refractivity contribution in [2.45, 2.75) is 181 Å². The van der Waals surface area contributed by atoms with Crippen LogP contribution in [0.2, 0.25) is 0 Å². The average Bonchev–Trinajstić information content (AvgIpc) is 2.98. The van der Waals surface area contributed by atoms with Crippen LogP contribution in [0.15, 0.2) is 0 Å². The number of hydrogen-bond acceptors (Lipinski definition) is 5. The van der Waals surface area contributed by atoms with E-state index in [1.807, 2.05) is 0 Å². The van der Waals surface area contributed by atoms with Crippen molar-refractivity contribution in [2.24, 2.45) is 0 Å². The maximum Gasteiger partial charge on any atom is 0.305 e. The highest BCUT2D eigenvalue weighted by molar-refractivity contribution is 5.69. The largest absolute Gasteiger partial charge is 0.463 e. The van der Waals surface area contributed by atoms with Gasteiger partial charge in [-0.3, -0.25) is 4.79 Å². The predicted molar refractivity (Wildman–Crippen MR) is 175 cm³/mol. The molecule has 0 aliphatic carbocycles. The van der Waals surface area contributed by atoms with Gasteiger partial charge in [-0.25, -0.2) is 0 Å². The van der Waals surface area contributed by atoms with Crippen LogP contribution in [-0.2, 0) is 23.7 Å². The van der Waals surface area contributed by atoms with Gasteiger partial charge in [0.2, 0.25) is 0 Å². The number of carbonyl (C=O) groups is 1. The van der Waals surface area contributed by atoms with E-state index in [-0.39, 0.29) is 5.97 Å². The molecule has 0 aromatic heterocycles. The second-order valence-electron chi connectivity index (χ2n) is 11.9. The number of rotatable bonds is 36. The number of hydrogen-bond donors (Lipinski definition) is 0. The summed E-state index contributed by atoms with van der Waals surface area (Å²) in [6.45, 7) is 8.48. The van der Waals surface area contributed by atoms with Gasteiger partial charge in [-0.1, -0.05) is 162 Å². The summed E-state index contributed by atoms with van der Waals surface area (Å²) in [5, 5.41) is 0. The van der Waals surface area contributed by atoms with Gasteiger partial charge >= 0.3 is 5.97 Å². The average molecular weight is 585 g/mol. The van der Waals surface area contributed by atoms with Gasteiger partial charge in [0.15, 0.2) is 0 Å². The summed E-state index contributed by atoms with van der Waals surface area (Å²) in [5.74, 6) is -0.0989. The zero-order valence-corrected chi connectivity index (χ0v) is 27.9. The summed E-state index contributed by atoms with van der Waals surface area (Å²) in [6.07, 6.45) is 34.0. The molecule has 5 heteroatoms. The van der Waals surface area contributed by atoms with Gasteiger partial charge in [-0.05, 0) is 12.8 Å². The molecule has 0 saturated heterocycles. The molecule has 0 spiro atoms. The Morgan fingerprint density at radius 1 is 0.341 bits per heavy atom. The minimum absolute atomic E-state index is 0.0989. The van der Waals surface area contributed by atoms with Crippen molar-refractivity contribution in [3.05, 3.63) is 0 Å². The summed E-state index contributed by atoms with van der Waals surface area (Å²) in [4.78, 5) is 11.8. The van der Waals surface area contributed by atoms with Crippen molar-refractivity contribution in [2.75, 3.05) is 46.2 Å². The number of unbranched alkanes of at least 4 members (excludes halogenated alkanes) is 23. The Balaban J connectivity index is 3.13. The highest BCUT2D eigenvalue weighted by atomic mass is 16.6. The first-order valence-corrected chi connectivity index (χ1v) is 18.2. The van der Waals surface area contributed by atoms with Gasteiger partial charge in [0.1, 0.15) is 6.61 Å². The van der Waals surface area contributed by atoms with Crippen molar-refractivity contribution >= 4 is 5.97 Å². The van der Waals surface area contributed by atoms with Crippen LogP contribution in [0, 0.1) is 0 Å². The van der Waals surface area contributed by atoms with Gasteiger partial charge in [-0.15, -0.1) is 0 Å². The third kappa shape index (κ3) is 37.3. The van der Waals surface area contributed by atoms with Crippen LogP contribution in [0.25, 0.3) is 0 Å². The van der Waals surface area contributed by atoms with E-state index in [2.05, 4.69) is 13.8 Å². The third-order valence-electron chi connectivity index (χ3n) is 7.86. The van der Waals surface area contributed by atoms with Gasteiger partial charge in [0, 0.05) is 13.0 Å². The highest BCUT2D eigenvalue weighted by Crippen LogP contribution is 2.14. The van der Waals surface area contributed by atoms with Crippen molar-refractivity contribution in [3.63, 3.8) is 0 Å². The fourth-order valence-electron chi connectivity index (χ4n) is 5.16. The molecule has 0 aliphatic heterocycles. The van der Waals surface area contributed by atoms with E-state index in [4.69, 9.17) is 18.9 Å². The van der Waals surface area contributed by atoms with Crippen LogP contribution in [0.5, 0.6) is 0 Å². The van der Waals surface area contributed by atoms with E-state index in [1.54, 1.807) is 0 Å². The van der Waals surface area contributed by atoms with Gasteiger partial charge in [-0.2, -0.15) is 0 Å². The van der Waals surface area contributed by atoms with Gasteiger partial charge < -0.3 is 18.9 Å². The fraction of sp³-hybridized carbons (Fsp3) is 0.972. The van der Waals surface area contributed by atoms with Crippen LogP contribution in [-0.4, -0.2) is 52.2 Å². The molecule has 0 rings (SSSR count). The molecule has 0 heterocycles. The monoisotopic (exact) mass is 585 g/mol. The maximum atomic E-state index is 11.8. The summed E-state index contributed by atoms with van der Waals surface area (Å²) < 4.78 is 22.0. The summed E-state index contributed by atoms with van der Waals surface area (Å²) in [5.41, 5.74) is 0. The molecule has 246 valence electrons. The molecule has 0 amide bonds. The molecule has 0 unspecified atom stereocenters. The number of ether oxygens (including phenoxy) is 4. The first kappa shape index (κ1) is 40.4. The molecule has 0 bridgehead atoms. The zero-order chi connectivity index (χ0) is 29.7. The van der Waals surface area contributed by atoms with Crippen LogP contribution in [0.1, 0.15) is 181 Å². The minimum Gasteiger partial charge on any atom is -0.463 e. The SMILES string of the molecule is CCCCCCCCCCCCCCCC(=O)OCCOCCOCCOCCCCCCCCCCCCCC. The number of carbonyl (C=O) groups excluding carboxylic acids is 1. The molecule has 0 aromatic rings. The third-order valence-corrected chi connectivity index (χ3v) is 7.86. The van der Waals surface area contributed by atoms with Gasteiger partial charge in [0.05, 0.1) is 33.0 Å². The summed E-state index contributed by atoms with van der Waals surface area (Å²) >= 11 is 0. The molecule has 0 radical (unpaired) electrons. The van der Waals surface area contributed by atoms with Crippen molar-refractivity contribution in [3.8, 4) is 0 Å². The van der Waals surface area contributed by atoms with E-state index in [1.165, 1.54) is 141 Å². The Labute approximate surface area is 256 Å². The first-order chi connectivity index (χ1) is 20.3. The van der Waals surface area contributed by atoms with Crippen molar-refractivity contribution in [1.82, 2.24) is 0 Å². The predicted octanol–water partition coefficient (Wildman–Crippen LogP) is 10.8. The lowest BCUT2D eigenvalue weighted by Gasteiger charge is -2.08. The molecule has 0 aromatic carbocycles. The summed E-state index contributed by atoms with van der Waals surface area (Å²) in [6, 6.07) is 0. The van der Waals surface area contributed by atoms with E-state index in [0.717, 1.165) is 25.9 Å². The van der Waals surface area contributed by atoms with Gasteiger partial charge in [0.25, 0.3) is 0 Å². The molecular weight excluding hydrogens is 512 g/mol. The highest BCUT2D eigenvalue weighted by Gasteiger charge is 2.03. The van der Waals surface area contributed by atoms with E-state index < -0.39 is 0 Å². The Morgan fingerprint density at radius 2 is 0.634 bits per heavy atom. The smallest absolute Gasteiger partial charge is 0.305 e. The van der Waals surface area contributed by atoms with Crippen LogP contribution >= 0.6 is 0 Å². The zero-order valence-electron chi connectivity index (χ0n) is 27.9.